The summed E-state index contributed by atoms with van der Waals surface area (Å²) in [6, 6.07) is 13.3. The fourth-order valence-electron chi connectivity index (χ4n) is 2.28. The molecule has 2 aromatic rings. The number of rotatable bonds is 8. The largest absolute Gasteiger partial charge is 0.495 e. The van der Waals surface area contributed by atoms with Crippen LogP contribution >= 0.6 is 0 Å². The van der Waals surface area contributed by atoms with Gasteiger partial charge in [0.15, 0.2) is 0 Å². The number of benzene rings is 2. The highest BCUT2D eigenvalue weighted by Crippen LogP contribution is 2.32. The monoisotopic (exact) mass is 347 g/mol. The molecule has 0 aliphatic rings. The van der Waals surface area contributed by atoms with Gasteiger partial charge in [-0.3, -0.25) is 4.31 Å². The SMILES string of the molecule is C=CCN(c1ccccc1OC)S(=O)(=O)c1ccc(OCC)cc1. The zero-order chi connectivity index (χ0) is 17.6. The summed E-state index contributed by atoms with van der Waals surface area (Å²) in [5, 5.41) is 0. The first kappa shape index (κ1) is 17.9. The molecule has 5 nitrogen and oxygen atoms in total. The van der Waals surface area contributed by atoms with Gasteiger partial charge in [0.1, 0.15) is 11.5 Å². The minimum absolute atomic E-state index is 0.135. The predicted octanol–water partition coefficient (Wildman–Crippen LogP) is 3.48. The highest BCUT2D eigenvalue weighted by Gasteiger charge is 2.26. The van der Waals surface area contributed by atoms with Crippen LogP contribution in [0.3, 0.4) is 0 Å². The molecule has 128 valence electrons. The predicted molar refractivity (Wildman–Crippen MR) is 95.3 cm³/mol. The van der Waals surface area contributed by atoms with Crippen LogP contribution in [0.1, 0.15) is 6.92 Å². The van der Waals surface area contributed by atoms with Gasteiger partial charge in [0.25, 0.3) is 10.0 Å². The number of anilines is 1. The van der Waals surface area contributed by atoms with E-state index in [0.717, 1.165) is 0 Å². The van der Waals surface area contributed by atoms with Gasteiger partial charge < -0.3 is 9.47 Å². The number of nitrogens with zero attached hydrogens (tertiary/aromatic N) is 1. The number of ether oxygens (including phenoxy) is 2. The van der Waals surface area contributed by atoms with E-state index in [9.17, 15) is 8.42 Å². The van der Waals surface area contributed by atoms with Crippen molar-refractivity contribution >= 4 is 15.7 Å². The van der Waals surface area contributed by atoms with Gasteiger partial charge in [0, 0.05) is 0 Å². The molecule has 0 atom stereocenters. The fraction of sp³-hybridized carbons (Fsp3) is 0.222. The Kier molecular flexibility index (Phi) is 5.87. The molecule has 0 aromatic heterocycles. The first-order chi connectivity index (χ1) is 11.5. The van der Waals surface area contributed by atoms with E-state index in [1.54, 1.807) is 42.5 Å². The Hall–Kier alpha value is -2.47. The van der Waals surface area contributed by atoms with Crippen molar-refractivity contribution in [1.82, 2.24) is 0 Å². The van der Waals surface area contributed by atoms with Crippen LogP contribution in [0.5, 0.6) is 11.5 Å². The van der Waals surface area contributed by atoms with E-state index < -0.39 is 10.0 Å². The maximum atomic E-state index is 13.0. The number of methoxy groups -OCH3 is 1. The molecular formula is C18H21NO4S. The Morgan fingerprint density at radius 2 is 1.79 bits per heavy atom. The van der Waals surface area contributed by atoms with Crippen LogP contribution in [0.4, 0.5) is 5.69 Å². The van der Waals surface area contributed by atoms with Gasteiger partial charge in [0.05, 0.1) is 30.8 Å². The standard InChI is InChI=1S/C18H21NO4S/c1-4-14-19(17-8-6-7-9-18(17)22-3)24(20,21)16-12-10-15(11-13-16)23-5-2/h4,6-13H,1,5,14H2,2-3H3. The number of para-hydroxylation sites is 2. The lowest BCUT2D eigenvalue weighted by atomic mass is 10.3. The normalized spacial score (nSPS) is 10.9. The van der Waals surface area contributed by atoms with E-state index in [4.69, 9.17) is 9.47 Å². The third-order valence-electron chi connectivity index (χ3n) is 3.37. The van der Waals surface area contributed by atoms with E-state index in [2.05, 4.69) is 6.58 Å². The van der Waals surface area contributed by atoms with Crippen molar-refractivity contribution in [3.05, 3.63) is 61.2 Å². The molecule has 0 saturated carbocycles. The molecule has 2 aromatic carbocycles. The average Bonchev–Trinajstić information content (AvgIpc) is 2.60. The summed E-state index contributed by atoms with van der Waals surface area (Å²) in [7, 11) is -2.25. The minimum Gasteiger partial charge on any atom is -0.495 e. The van der Waals surface area contributed by atoms with Crippen molar-refractivity contribution in [3.63, 3.8) is 0 Å². The van der Waals surface area contributed by atoms with Crippen LogP contribution in [-0.4, -0.2) is 28.7 Å². The number of hydrogen-bond acceptors (Lipinski definition) is 4. The van der Waals surface area contributed by atoms with Crippen LogP contribution < -0.4 is 13.8 Å². The summed E-state index contributed by atoms with van der Waals surface area (Å²) in [5.74, 6) is 1.11. The molecule has 24 heavy (non-hydrogen) atoms. The van der Waals surface area contributed by atoms with Gasteiger partial charge in [0.2, 0.25) is 0 Å². The summed E-state index contributed by atoms with van der Waals surface area (Å²) in [6.45, 7) is 6.19. The van der Waals surface area contributed by atoms with Crippen molar-refractivity contribution in [1.29, 1.82) is 0 Å². The van der Waals surface area contributed by atoms with E-state index in [1.807, 2.05) is 6.92 Å². The summed E-state index contributed by atoms with van der Waals surface area (Å²) in [6.07, 6.45) is 1.54. The highest BCUT2D eigenvalue weighted by molar-refractivity contribution is 7.92. The van der Waals surface area contributed by atoms with Crippen LogP contribution in [-0.2, 0) is 10.0 Å². The molecule has 0 heterocycles. The molecule has 0 amide bonds. The number of sulfonamides is 1. The Morgan fingerprint density at radius 3 is 2.38 bits per heavy atom. The molecule has 0 spiro atoms. The van der Waals surface area contributed by atoms with Crippen molar-refractivity contribution < 1.29 is 17.9 Å². The summed E-state index contributed by atoms with van der Waals surface area (Å²) >= 11 is 0. The molecule has 0 N–H and O–H groups in total. The lowest BCUT2D eigenvalue weighted by Crippen LogP contribution is -2.31. The maximum Gasteiger partial charge on any atom is 0.264 e. The third kappa shape index (κ3) is 3.71. The van der Waals surface area contributed by atoms with Crippen LogP contribution in [0.2, 0.25) is 0 Å². The topological polar surface area (TPSA) is 55.8 Å². The van der Waals surface area contributed by atoms with Gasteiger partial charge >= 0.3 is 0 Å². The molecule has 2 rings (SSSR count). The molecule has 0 fully saturated rings. The molecule has 0 saturated heterocycles. The summed E-state index contributed by atoms with van der Waals surface area (Å²) in [5.41, 5.74) is 0.466. The lowest BCUT2D eigenvalue weighted by Gasteiger charge is -2.24. The molecule has 0 aliphatic heterocycles. The summed E-state index contributed by atoms with van der Waals surface area (Å²) < 4.78 is 38.0. The second-order valence-electron chi connectivity index (χ2n) is 4.90. The highest BCUT2D eigenvalue weighted by atomic mass is 32.2. The molecule has 6 heteroatoms. The fourth-order valence-corrected chi connectivity index (χ4v) is 3.73. The third-order valence-corrected chi connectivity index (χ3v) is 5.17. The van der Waals surface area contributed by atoms with Gasteiger partial charge in [-0.15, -0.1) is 6.58 Å². The molecule has 0 radical (unpaired) electrons. The Bertz CT molecular complexity index is 785. The second kappa shape index (κ2) is 7.88. The van der Waals surface area contributed by atoms with E-state index in [1.165, 1.54) is 23.5 Å². The Labute approximate surface area is 143 Å². The van der Waals surface area contributed by atoms with Crippen molar-refractivity contribution in [2.75, 3.05) is 24.6 Å². The van der Waals surface area contributed by atoms with Gasteiger partial charge in [-0.1, -0.05) is 18.2 Å². The van der Waals surface area contributed by atoms with Crippen molar-refractivity contribution in [2.45, 2.75) is 11.8 Å². The quantitative estimate of drug-likeness (QED) is 0.686. The Morgan fingerprint density at radius 1 is 1.12 bits per heavy atom. The first-order valence-corrected chi connectivity index (χ1v) is 8.98. The molecule has 0 bridgehead atoms. The van der Waals surface area contributed by atoms with Crippen molar-refractivity contribution in [3.8, 4) is 11.5 Å². The second-order valence-corrected chi connectivity index (χ2v) is 6.76. The summed E-state index contributed by atoms with van der Waals surface area (Å²) in [4.78, 5) is 0.179. The lowest BCUT2D eigenvalue weighted by molar-refractivity contribution is 0.340. The maximum absolute atomic E-state index is 13.0. The van der Waals surface area contributed by atoms with Crippen LogP contribution in [0.15, 0.2) is 66.1 Å². The Balaban J connectivity index is 2.47. The molecule has 0 aliphatic carbocycles. The van der Waals surface area contributed by atoms with Gasteiger partial charge in [-0.25, -0.2) is 8.42 Å². The number of hydrogen-bond donors (Lipinski definition) is 0. The van der Waals surface area contributed by atoms with Gasteiger partial charge in [-0.2, -0.15) is 0 Å². The zero-order valence-corrected chi connectivity index (χ0v) is 14.6. The smallest absolute Gasteiger partial charge is 0.264 e. The minimum atomic E-state index is -3.75. The molecule has 0 unspecified atom stereocenters. The van der Waals surface area contributed by atoms with E-state index >= 15 is 0 Å². The average molecular weight is 347 g/mol. The van der Waals surface area contributed by atoms with Gasteiger partial charge in [-0.05, 0) is 43.3 Å². The molecular weight excluding hydrogens is 326 g/mol. The van der Waals surface area contributed by atoms with E-state index in [-0.39, 0.29) is 11.4 Å². The first-order valence-electron chi connectivity index (χ1n) is 7.54. The van der Waals surface area contributed by atoms with Crippen molar-refractivity contribution in [2.24, 2.45) is 0 Å². The zero-order valence-electron chi connectivity index (χ0n) is 13.8. The van der Waals surface area contributed by atoms with Crippen LogP contribution in [0, 0.1) is 0 Å². The van der Waals surface area contributed by atoms with E-state index in [0.29, 0.717) is 23.8 Å². The van der Waals surface area contributed by atoms with Crippen LogP contribution in [0.25, 0.3) is 0 Å².